The van der Waals surface area contributed by atoms with E-state index in [-0.39, 0.29) is 0 Å². The second-order valence-corrected chi connectivity index (χ2v) is 15.6. The van der Waals surface area contributed by atoms with Gasteiger partial charge in [-0.05, 0) is 98.2 Å². The zero-order valence-electron chi connectivity index (χ0n) is 35.2. The highest BCUT2D eigenvalue weighted by Gasteiger charge is 2.33. The van der Waals surface area contributed by atoms with E-state index in [4.69, 9.17) is 9.98 Å². The summed E-state index contributed by atoms with van der Waals surface area (Å²) in [5.74, 6) is 0.667. The number of rotatable bonds is 10. The van der Waals surface area contributed by atoms with E-state index < -0.39 is 5.54 Å². The summed E-state index contributed by atoms with van der Waals surface area (Å²) in [5, 5.41) is 0. The van der Waals surface area contributed by atoms with Gasteiger partial charge in [-0.15, -0.1) is 0 Å². The topological polar surface area (TPSA) is 24.7 Å². The molecular weight excluding hydrogens is 749 g/mol. The summed E-state index contributed by atoms with van der Waals surface area (Å²) in [7, 11) is 0. The van der Waals surface area contributed by atoms with Crippen LogP contribution < -0.4 is 0 Å². The fourth-order valence-electron chi connectivity index (χ4n) is 8.84. The van der Waals surface area contributed by atoms with Crippen LogP contribution in [0.4, 0.5) is 0 Å². The quantitative estimate of drug-likeness (QED) is 0.0973. The Kier molecular flexibility index (Phi) is 11.7. The molecule has 0 N–H and O–H groups in total. The van der Waals surface area contributed by atoms with Gasteiger partial charge in [-0.3, -0.25) is 0 Å². The first-order chi connectivity index (χ1) is 30.6. The lowest BCUT2D eigenvalue weighted by molar-refractivity contribution is 0.608. The molecule has 2 nitrogen and oxygen atoms in total. The van der Waals surface area contributed by atoms with Crippen molar-refractivity contribution < 1.29 is 0 Å². The Labute approximate surface area is 366 Å². The minimum atomic E-state index is -0.850. The number of nitrogens with zero attached hydrogens (tertiary/aromatic N) is 2. The summed E-state index contributed by atoms with van der Waals surface area (Å²) < 4.78 is 0. The Hall–Kier alpha value is -7.68. The van der Waals surface area contributed by atoms with E-state index in [0.29, 0.717) is 5.84 Å². The summed E-state index contributed by atoms with van der Waals surface area (Å²) in [5.41, 5.74) is 16.2. The maximum Gasteiger partial charge on any atom is 0.156 e. The second kappa shape index (κ2) is 18.3. The third kappa shape index (κ3) is 7.99. The maximum absolute atomic E-state index is 5.86. The van der Waals surface area contributed by atoms with Gasteiger partial charge >= 0.3 is 0 Å². The molecular formula is C60H48N2. The van der Waals surface area contributed by atoms with Gasteiger partial charge in [0, 0.05) is 11.8 Å². The largest absolute Gasteiger partial charge is 0.250 e. The minimum Gasteiger partial charge on any atom is -0.250 e. The maximum atomic E-state index is 5.86. The third-order valence-corrected chi connectivity index (χ3v) is 11.8. The lowest BCUT2D eigenvalue weighted by Gasteiger charge is -2.31. The van der Waals surface area contributed by atoms with E-state index in [1.165, 1.54) is 38.9 Å². The summed E-state index contributed by atoms with van der Waals surface area (Å²) in [6, 6.07) is 75.6. The number of aliphatic imine (C=N–C) groups is 2. The van der Waals surface area contributed by atoms with Crippen LogP contribution in [0, 0.1) is 0 Å². The molecule has 1 aliphatic rings. The second-order valence-electron chi connectivity index (χ2n) is 15.6. The predicted octanol–water partition coefficient (Wildman–Crippen LogP) is 15.6. The van der Waals surface area contributed by atoms with Crippen molar-refractivity contribution in [3.63, 3.8) is 0 Å². The molecule has 8 aromatic rings. The van der Waals surface area contributed by atoms with E-state index in [1.54, 1.807) is 0 Å². The van der Waals surface area contributed by atoms with Crippen LogP contribution in [0.5, 0.6) is 0 Å². The van der Waals surface area contributed by atoms with Gasteiger partial charge in [-0.2, -0.15) is 0 Å². The molecule has 9 rings (SSSR count). The molecule has 2 heteroatoms. The van der Waals surface area contributed by atoms with Crippen LogP contribution in [0.25, 0.3) is 55.7 Å². The molecule has 0 bridgehead atoms. The van der Waals surface area contributed by atoms with Crippen molar-refractivity contribution in [1.82, 2.24) is 0 Å². The normalized spacial score (nSPS) is 13.9. The Morgan fingerprint density at radius 2 is 0.903 bits per heavy atom. The fraction of sp³-hybridized carbons (Fsp3) is 0.0667. The van der Waals surface area contributed by atoms with Gasteiger partial charge in [0.1, 0.15) is 5.54 Å². The molecule has 0 radical (unpaired) electrons. The van der Waals surface area contributed by atoms with Crippen LogP contribution >= 0.6 is 0 Å². The summed E-state index contributed by atoms with van der Waals surface area (Å²) in [6.07, 6.45) is 11.7. The van der Waals surface area contributed by atoms with Crippen molar-refractivity contribution in [3.05, 3.63) is 264 Å². The van der Waals surface area contributed by atoms with Gasteiger partial charge in [-0.25, -0.2) is 9.98 Å². The molecule has 0 aromatic heterocycles. The zero-order valence-corrected chi connectivity index (χ0v) is 35.2. The molecule has 0 saturated carbocycles. The number of hydrogen-bond donors (Lipinski definition) is 0. The van der Waals surface area contributed by atoms with Crippen molar-refractivity contribution in [2.75, 3.05) is 0 Å². The van der Waals surface area contributed by atoms with Gasteiger partial charge in [0.2, 0.25) is 0 Å². The molecule has 0 heterocycles. The molecule has 62 heavy (non-hydrogen) atoms. The lowest BCUT2D eigenvalue weighted by Crippen LogP contribution is -2.24. The van der Waals surface area contributed by atoms with Crippen LogP contribution in [-0.2, 0) is 5.54 Å². The molecule has 298 valence electrons. The van der Waals surface area contributed by atoms with Gasteiger partial charge in [0.25, 0.3) is 0 Å². The average Bonchev–Trinajstić information content (AvgIpc) is 3.61. The third-order valence-electron chi connectivity index (χ3n) is 11.8. The van der Waals surface area contributed by atoms with Gasteiger partial charge < -0.3 is 0 Å². The first-order valence-electron chi connectivity index (χ1n) is 21.4. The Balaban J connectivity index is 1.23. The highest BCUT2D eigenvalue weighted by Crippen LogP contribution is 2.45. The Morgan fingerprint density at radius 3 is 1.52 bits per heavy atom. The number of benzene rings is 8. The molecule has 0 fully saturated rings. The van der Waals surface area contributed by atoms with Crippen molar-refractivity contribution in [2.24, 2.45) is 9.98 Å². The molecule has 1 aliphatic carbocycles. The number of hydrogen-bond acceptors (Lipinski definition) is 1. The molecule has 0 saturated heterocycles. The SMILES string of the molecule is CC=NC(=NC(C)(c1ccccc1)c1ccccc1-c1ccccc1-c1ccccc1-c1ccccc1)c1ccccc1C1=CCC=CC=C1c1ccccc1-c1ccccc1. The lowest BCUT2D eigenvalue weighted by atomic mass is 9.79. The molecule has 1 atom stereocenters. The minimum absolute atomic E-state index is 0.667. The molecule has 0 spiro atoms. The van der Waals surface area contributed by atoms with Crippen LogP contribution in [0.1, 0.15) is 48.1 Å². The number of amidine groups is 1. The molecule has 0 amide bonds. The van der Waals surface area contributed by atoms with Crippen molar-refractivity contribution >= 4 is 23.2 Å². The van der Waals surface area contributed by atoms with Crippen LogP contribution in [-0.4, -0.2) is 12.1 Å². The first-order valence-corrected chi connectivity index (χ1v) is 21.4. The predicted molar refractivity (Wildman–Crippen MR) is 264 cm³/mol. The highest BCUT2D eigenvalue weighted by atomic mass is 15.0. The standard InChI is InChI=1S/C60H48N2/c1-3-61-59(57-42-23-22-40-55(57)53-35-15-7-14-34-51(53)49-36-18-16-32-47(49)44-26-8-4-9-27-44)62-60(2,46-30-12-6-13-31-46)58-43-25-24-41-56(58)54-39-21-20-38-52(54)50-37-19-17-33-48(50)45-28-10-5-11-29-45/h3-14,16-43H,15H2,1-2H3. The molecule has 1 unspecified atom stereocenters. The van der Waals surface area contributed by atoms with E-state index >= 15 is 0 Å². The average molecular weight is 797 g/mol. The fourth-order valence-corrected chi connectivity index (χ4v) is 8.84. The van der Waals surface area contributed by atoms with Crippen LogP contribution in [0.15, 0.2) is 247 Å². The van der Waals surface area contributed by atoms with Gasteiger partial charge in [0.15, 0.2) is 5.84 Å². The molecule has 0 aliphatic heterocycles. The van der Waals surface area contributed by atoms with Gasteiger partial charge in [-0.1, -0.05) is 237 Å². The summed E-state index contributed by atoms with van der Waals surface area (Å²) in [6.45, 7) is 4.22. The number of allylic oxidation sites excluding steroid dienone is 6. The van der Waals surface area contributed by atoms with Crippen LogP contribution in [0.2, 0.25) is 0 Å². The van der Waals surface area contributed by atoms with E-state index in [0.717, 1.165) is 50.9 Å². The molecule has 8 aromatic carbocycles. The van der Waals surface area contributed by atoms with E-state index in [9.17, 15) is 0 Å². The summed E-state index contributed by atoms with van der Waals surface area (Å²) in [4.78, 5) is 11.0. The van der Waals surface area contributed by atoms with E-state index in [2.05, 4.69) is 244 Å². The van der Waals surface area contributed by atoms with E-state index in [1.807, 2.05) is 13.1 Å². The first kappa shape index (κ1) is 39.8. The van der Waals surface area contributed by atoms with Crippen LogP contribution in [0.3, 0.4) is 0 Å². The Morgan fingerprint density at radius 1 is 0.452 bits per heavy atom. The smallest absolute Gasteiger partial charge is 0.156 e. The monoisotopic (exact) mass is 796 g/mol. The highest BCUT2D eigenvalue weighted by molar-refractivity contribution is 6.14. The van der Waals surface area contributed by atoms with Crippen molar-refractivity contribution in [3.8, 4) is 44.5 Å². The summed E-state index contributed by atoms with van der Waals surface area (Å²) >= 11 is 0. The van der Waals surface area contributed by atoms with Crippen molar-refractivity contribution in [2.45, 2.75) is 25.8 Å². The van der Waals surface area contributed by atoms with Crippen molar-refractivity contribution in [1.29, 1.82) is 0 Å². The Bertz CT molecular complexity index is 2990. The van der Waals surface area contributed by atoms with Gasteiger partial charge in [0.05, 0.1) is 0 Å². The zero-order chi connectivity index (χ0) is 42.1.